The lowest BCUT2D eigenvalue weighted by molar-refractivity contribution is 0.887. The average Bonchev–Trinajstić information content (AvgIpc) is 2.80. The van der Waals surface area contributed by atoms with Gasteiger partial charge in [-0.05, 0) is 41.9 Å². The molecule has 0 spiro atoms. The molecule has 0 saturated heterocycles. The summed E-state index contributed by atoms with van der Waals surface area (Å²) in [5.74, 6) is 1.07. The van der Waals surface area contributed by atoms with Crippen LogP contribution in [0.2, 0.25) is 5.15 Å². The Hall–Kier alpha value is -1.22. The molecule has 1 aromatic heterocycles. The van der Waals surface area contributed by atoms with Crippen LogP contribution in [0, 0.1) is 11.3 Å². The fourth-order valence-corrected chi connectivity index (χ4v) is 3.45. The summed E-state index contributed by atoms with van der Waals surface area (Å²) in [6.07, 6.45) is 0. The summed E-state index contributed by atoms with van der Waals surface area (Å²) < 4.78 is 3.99. The minimum Gasteiger partial charge on any atom is -0.368 e. The summed E-state index contributed by atoms with van der Waals surface area (Å²) in [7, 11) is 0. The summed E-state index contributed by atoms with van der Waals surface area (Å²) in [6, 6.07) is 10.6. The zero-order valence-corrected chi connectivity index (χ0v) is 13.6. The summed E-state index contributed by atoms with van der Waals surface area (Å²) in [5.41, 5.74) is 1.58. The van der Waals surface area contributed by atoms with Crippen LogP contribution in [0.25, 0.3) is 0 Å². The van der Waals surface area contributed by atoms with Gasteiger partial charge in [0.2, 0.25) is 0 Å². The third kappa shape index (κ3) is 3.45. The highest BCUT2D eigenvalue weighted by atomic mass is 35.5. The Morgan fingerprint density at radius 1 is 1.45 bits per heavy atom. The molecule has 2 rings (SSSR count). The monoisotopic (exact) mass is 323 g/mol. The highest BCUT2D eigenvalue weighted by molar-refractivity contribution is 7.99. The Labute approximate surface area is 132 Å². The number of anilines is 1. The van der Waals surface area contributed by atoms with Crippen molar-refractivity contribution in [2.75, 3.05) is 11.1 Å². The number of hydrogen-bond donors (Lipinski definition) is 1. The number of halogens is 1. The number of benzene rings is 1. The summed E-state index contributed by atoms with van der Waals surface area (Å²) in [4.78, 5) is 1.27. The smallest absolute Gasteiger partial charge is 0.162 e. The van der Waals surface area contributed by atoms with Crippen molar-refractivity contribution in [1.82, 2.24) is 4.37 Å². The summed E-state index contributed by atoms with van der Waals surface area (Å²) in [5, 5.41) is 13.3. The molecule has 3 nitrogen and oxygen atoms in total. The first-order valence-electron chi connectivity index (χ1n) is 6.20. The minimum atomic E-state index is 0.0966. The molecule has 1 heterocycles. The molecule has 1 aromatic carbocycles. The average molecular weight is 324 g/mol. The molecule has 0 amide bonds. The molecule has 1 N–H and O–H groups in total. The van der Waals surface area contributed by atoms with Crippen LogP contribution in [-0.4, -0.2) is 10.1 Å². The number of nitrogens with one attached hydrogen (secondary N) is 1. The molecule has 0 bridgehead atoms. The molecule has 0 fully saturated rings. The maximum absolute atomic E-state index is 9.06. The van der Waals surface area contributed by atoms with Crippen molar-refractivity contribution in [3.05, 3.63) is 40.5 Å². The van der Waals surface area contributed by atoms with Crippen molar-refractivity contribution in [1.29, 1.82) is 5.26 Å². The van der Waals surface area contributed by atoms with Gasteiger partial charge in [-0.2, -0.15) is 9.64 Å². The highest BCUT2D eigenvalue weighted by Crippen LogP contribution is 2.31. The molecule has 104 valence electrons. The van der Waals surface area contributed by atoms with E-state index in [2.05, 4.69) is 53.9 Å². The molecule has 1 atom stereocenters. The van der Waals surface area contributed by atoms with Gasteiger partial charge in [-0.15, -0.1) is 11.8 Å². The van der Waals surface area contributed by atoms with Gasteiger partial charge in [0.1, 0.15) is 16.6 Å². The van der Waals surface area contributed by atoms with Gasteiger partial charge in [0.05, 0.1) is 0 Å². The van der Waals surface area contributed by atoms with Crippen LogP contribution in [0.1, 0.15) is 31.0 Å². The summed E-state index contributed by atoms with van der Waals surface area (Å²) in [6.45, 7) is 4.19. The number of aromatic nitrogens is 1. The second-order valence-electron chi connectivity index (χ2n) is 4.16. The Bertz CT molecular complexity index is 616. The lowest BCUT2D eigenvalue weighted by atomic mass is 10.1. The quantitative estimate of drug-likeness (QED) is 0.791. The molecule has 20 heavy (non-hydrogen) atoms. The molecule has 1 unspecified atom stereocenters. The molecule has 0 saturated carbocycles. The molecule has 0 aliphatic rings. The van der Waals surface area contributed by atoms with E-state index in [-0.39, 0.29) is 11.2 Å². The molecule has 0 aliphatic heterocycles. The van der Waals surface area contributed by atoms with Crippen molar-refractivity contribution in [2.45, 2.75) is 24.8 Å². The van der Waals surface area contributed by atoms with E-state index in [9.17, 15) is 0 Å². The van der Waals surface area contributed by atoms with E-state index in [1.165, 1.54) is 22.0 Å². The predicted molar refractivity (Wildman–Crippen MR) is 86.7 cm³/mol. The van der Waals surface area contributed by atoms with Gasteiger partial charge in [-0.3, -0.25) is 0 Å². The summed E-state index contributed by atoms with van der Waals surface area (Å²) >= 11 is 8.90. The number of nitriles is 1. The standard InChI is InChI=1S/C14H14ClN3S2/c1-3-19-11-6-4-10(5-7-11)9(2)17-14-12(8-16)13(15)18-20-14/h4-7,9,17H,3H2,1-2H3. The third-order valence-electron chi connectivity index (χ3n) is 2.80. The Morgan fingerprint density at radius 3 is 2.75 bits per heavy atom. The zero-order valence-electron chi connectivity index (χ0n) is 11.2. The van der Waals surface area contributed by atoms with Crippen LogP contribution in [-0.2, 0) is 0 Å². The number of hydrogen-bond acceptors (Lipinski definition) is 5. The van der Waals surface area contributed by atoms with Crippen LogP contribution >= 0.6 is 34.9 Å². The van der Waals surface area contributed by atoms with Crippen molar-refractivity contribution in [2.24, 2.45) is 0 Å². The lowest BCUT2D eigenvalue weighted by Crippen LogP contribution is -2.06. The lowest BCUT2D eigenvalue weighted by Gasteiger charge is -2.14. The van der Waals surface area contributed by atoms with Gasteiger partial charge >= 0.3 is 0 Å². The van der Waals surface area contributed by atoms with E-state index in [0.29, 0.717) is 5.56 Å². The topological polar surface area (TPSA) is 48.7 Å². The second-order valence-corrected chi connectivity index (χ2v) is 6.63. The van der Waals surface area contributed by atoms with Crippen molar-refractivity contribution in [3.63, 3.8) is 0 Å². The first kappa shape index (κ1) is 15.2. The van der Waals surface area contributed by atoms with Gasteiger partial charge in [-0.1, -0.05) is 30.7 Å². The first-order valence-corrected chi connectivity index (χ1v) is 8.34. The SMILES string of the molecule is CCSc1ccc(C(C)Nc2snc(Cl)c2C#N)cc1. The Balaban J connectivity index is 2.11. The van der Waals surface area contributed by atoms with Gasteiger partial charge in [-0.25, -0.2) is 0 Å². The fourth-order valence-electron chi connectivity index (χ4n) is 1.77. The predicted octanol–water partition coefficient (Wildman–Crippen LogP) is 4.95. The van der Waals surface area contributed by atoms with Gasteiger partial charge in [0.25, 0.3) is 0 Å². The van der Waals surface area contributed by atoms with Crippen LogP contribution in [0.15, 0.2) is 29.2 Å². The van der Waals surface area contributed by atoms with Crippen LogP contribution in [0.4, 0.5) is 5.00 Å². The van der Waals surface area contributed by atoms with Crippen molar-refractivity contribution >= 4 is 39.9 Å². The molecule has 0 aliphatic carbocycles. The van der Waals surface area contributed by atoms with Crippen LogP contribution in [0.5, 0.6) is 0 Å². The van der Waals surface area contributed by atoms with E-state index in [1.807, 2.05) is 11.8 Å². The van der Waals surface area contributed by atoms with Crippen LogP contribution < -0.4 is 5.32 Å². The van der Waals surface area contributed by atoms with E-state index in [0.717, 1.165) is 10.8 Å². The normalized spacial score (nSPS) is 11.9. The molecule has 2 aromatic rings. The van der Waals surface area contributed by atoms with E-state index in [4.69, 9.17) is 16.9 Å². The first-order chi connectivity index (χ1) is 9.65. The van der Waals surface area contributed by atoms with E-state index in [1.54, 1.807) is 0 Å². The number of thioether (sulfide) groups is 1. The van der Waals surface area contributed by atoms with E-state index >= 15 is 0 Å². The van der Waals surface area contributed by atoms with Gasteiger partial charge in [0, 0.05) is 10.9 Å². The van der Waals surface area contributed by atoms with Crippen molar-refractivity contribution < 1.29 is 0 Å². The van der Waals surface area contributed by atoms with Crippen LogP contribution in [0.3, 0.4) is 0 Å². The van der Waals surface area contributed by atoms with Crippen molar-refractivity contribution in [3.8, 4) is 6.07 Å². The molecule has 0 radical (unpaired) electrons. The second kappa shape index (κ2) is 6.98. The Morgan fingerprint density at radius 2 is 2.15 bits per heavy atom. The molecule has 6 heteroatoms. The zero-order chi connectivity index (χ0) is 14.5. The van der Waals surface area contributed by atoms with E-state index < -0.39 is 0 Å². The van der Waals surface area contributed by atoms with Gasteiger partial charge in [0.15, 0.2) is 5.15 Å². The maximum Gasteiger partial charge on any atom is 0.162 e. The largest absolute Gasteiger partial charge is 0.368 e. The van der Waals surface area contributed by atoms with Gasteiger partial charge < -0.3 is 5.32 Å². The third-order valence-corrected chi connectivity index (χ3v) is 4.85. The highest BCUT2D eigenvalue weighted by Gasteiger charge is 2.14. The number of nitrogens with zero attached hydrogens (tertiary/aromatic N) is 2. The number of rotatable bonds is 5. The Kier molecular flexibility index (Phi) is 5.30. The molecular formula is C14H14ClN3S2. The minimum absolute atomic E-state index is 0.0966. The maximum atomic E-state index is 9.06. The fraction of sp³-hybridized carbons (Fsp3) is 0.286. The molecular weight excluding hydrogens is 310 g/mol.